The van der Waals surface area contributed by atoms with E-state index in [0.29, 0.717) is 17.4 Å². The SMILES string of the molecule is COc1ccc(CNC(=O)[C@H](C)Sc2nncn2-c2ccccc2F)cc1. The molecule has 0 bridgehead atoms. The average molecular weight is 386 g/mol. The van der Waals surface area contributed by atoms with Gasteiger partial charge < -0.3 is 10.1 Å². The van der Waals surface area contributed by atoms with Gasteiger partial charge in [0.2, 0.25) is 5.91 Å². The van der Waals surface area contributed by atoms with Gasteiger partial charge in [0.05, 0.1) is 18.0 Å². The van der Waals surface area contributed by atoms with Crippen LogP contribution in [0.3, 0.4) is 0 Å². The maximum atomic E-state index is 14.0. The molecule has 1 amide bonds. The summed E-state index contributed by atoms with van der Waals surface area (Å²) in [6, 6.07) is 13.8. The third kappa shape index (κ3) is 4.65. The first kappa shape index (κ1) is 18.9. The molecule has 0 spiro atoms. The van der Waals surface area contributed by atoms with Gasteiger partial charge in [-0.05, 0) is 36.8 Å². The maximum Gasteiger partial charge on any atom is 0.233 e. The van der Waals surface area contributed by atoms with Crippen LogP contribution in [0.4, 0.5) is 4.39 Å². The highest BCUT2D eigenvalue weighted by Gasteiger charge is 2.19. The van der Waals surface area contributed by atoms with E-state index in [4.69, 9.17) is 4.74 Å². The Hall–Kier alpha value is -2.87. The Labute approximate surface area is 160 Å². The fraction of sp³-hybridized carbons (Fsp3) is 0.211. The van der Waals surface area contributed by atoms with Crippen molar-refractivity contribution in [2.24, 2.45) is 0 Å². The second-order valence-corrected chi connectivity index (χ2v) is 7.07. The molecule has 1 atom stereocenters. The number of methoxy groups -OCH3 is 1. The van der Waals surface area contributed by atoms with Gasteiger partial charge in [-0.25, -0.2) is 4.39 Å². The summed E-state index contributed by atoms with van der Waals surface area (Å²) >= 11 is 1.22. The van der Waals surface area contributed by atoms with E-state index in [-0.39, 0.29) is 11.7 Å². The highest BCUT2D eigenvalue weighted by atomic mass is 32.2. The molecule has 6 nitrogen and oxygen atoms in total. The number of benzene rings is 2. The van der Waals surface area contributed by atoms with Crippen LogP contribution < -0.4 is 10.1 Å². The van der Waals surface area contributed by atoms with Gasteiger partial charge in [-0.15, -0.1) is 10.2 Å². The molecule has 0 fully saturated rings. The number of para-hydroxylation sites is 1. The Kier molecular flexibility index (Phi) is 6.08. The maximum absolute atomic E-state index is 14.0. The number of aromatic nitrogens is 3. The molecule has 27 heavy (non-hydrogen) atoms. The topological polar surface area (TPSA) is 69.0 Å². The average Bonchev–Trinajstić information content (AvgIpc) is 3.14. The van der Waals surface area contributed by atoms with E-state index in [2.05, 4.69) is 15.5 Å². The molecule has 0 aliphatic carbocycles. The Morgan fingerprint density at radius 3 is 2.70 bits per heavy atom. The zero-order chi connectivity index (χ0) is 19.2. The predicted molar refractivity (Wildman–Crippen MR) is 101 cm³/mol. The molecule has 1 heterocycles. The molecular weight excluding hydrogens is 367 g/mol. The zero-order valence-electron chi connectivity index (χ0n) is 14.9. The van der Waals surface area contributed by atoms with Gasteiger partial charge in [0.25, 0.3) is 0 Å². The molecule has 0 aliphatic rings. The molecule has 0 saturated heterocycles. The Bertz CT molecular complexity index is 914. The van der Waals surface area contributed by atoms with Crippen molar-refractivity contribution in [3.8, 4) is 11.4 Å². The first-order valence-electron chi connectivity index (χ1n) is 8.30. The molecule has 0 saturated carbocycles. The number of amides is 1. The van der Waals surface area contributed by atoms with Gasteiger partial charge in [-0.1, -0.05) is 36.0 Å². The van der Waals surface area contributed by atoms with E-state index in [1.807, 2.05) is 24.3 Å². The number of carbonyl (C=O) groups excluding carboxylic acids is 1. The molecule has 3 rings (SSSR count). The van der Waals surface area contributed by atoms with Crippen molar-refractivity contribution < 1.29 is 13.9 Å². The van der Waals surface area contributed by atoms with Crippen molar-refractivity contribution in [2.75, 3.05) is 7.11 Å². The van der Waals surface area contributed by atoms with E-state index in [0.717, 1.165) is 11.3 Å². The smallest absolute Gasteiger partial charge is 0.233 e. The molecule has 0 unspecified atom stereocenters. The number of hydrogen-bond donors (Lipinski definition) is 1. The van der Waals surface area contributed by atoms with E-state index < -0.39 is 5.25 Å². The molecule has 1 aromatic heterocycles. The first-order chi connectivity index (χ1) is 13.1. The van der Waals surface area contributed by atoms with E-state index in [1.54, 1.807) is 32.2 Å². The fourth-order valence-electron chi connectivity index (χ4n) is 2.41. The lowest BCUT2D eigenvalue weighted by molar-refractivity contribution is -0.120. The molecule has 2 aromatic carbocycles. The van der Waals surface area contributed by atoms with Crippen LogP contribution >= 0.6 is 11.8 Å². The fourth-order valence-corrected chi connectivity index (χ4v) is 3.26. The summed E-state index contributed by atoms with van der Waals surface area (Å²) in [5.74, 6) is 0.246. The monoisotopic (exact) mass is 386 g/mol. The quantitative estimate of drug-likeness (QED) is 0.632. The van der Waals surface area contributed by atoms with Gasteiger partial charge in [0.1, 0.15) is 17.9 Å². The molecule has 0 radical (unpaired) electrons. The molecule has 3 aromatic rings. The van der Waals surface area contributed by atoms with Crippen molar-refractivity contribution in [3.63, 3.8) is 0 Å². The highest BCUT2D eigenvalue weighted by Crippen LogP contribution is 2.25. The zero-order valence-corrected chi connectivity index (χ0v) is 15.7. The largest absolute Gasteiger partial charge is 0.497 e. The van der Waals surface area contributed by atoms with Gasteiger partial charge in [-0.3, -0.25) is 9.36 Å². The van der Waals surface area contributed by atoms with Crippen LogP contribution in [0.25, 0.3) is 5.69 Å². The van der Waals surface area contributed by atoms with Gasteiger partial charge in [-0.2, -0.15) is 0 Å². The lowest BCUT2D eigenvalue weighted by Gasteiger charge is -2.13. The number of ether oxygens (including phenoxy) is 1. The van der Waals surface area contributed by atoms with E-state index >= 15 is 0 Å². The number of nitrogens with zero attached hydrogens (tertiary/aromatic N) is 3. The van der Waals surface area contributed by atoms with Crippen LogP contribution in [-0.4, -0.2) is 33.0 Å². The predicted octanol–water partition coefficient (Wildman–Crippen LogP) is 3.21. The third-order valence-electron chi connectivity index (χ3n) is 3.91. The van der Waals surface area contributed by atoms with Gasteiger partial charge in [0, 0.05) is 6.54 Å². The van der Waals surface area contributed by atoms with Crippen LogP contribution in [0.2, 0.25) is 0 Å². The van der Waals surface area contributed by atoms with Crippen LogP contribution in [0.1, 0.15) is 12.5 Å². The number of carbonyl (C=O) groups is 1. The Morgan fingerprint density at radius 2 is 2.00 bits per heavy atom. The summed E-state index contributed by atoms with van der Waals surface area (Å²) in [5.41, 5.74) is 1.31. The van der Waals surface area contributed by atoms with Crippen LogP contribution in [0.5, 0.6) is 5.75 Å². The minimum absolute atomic E-state index is 0.140. The van der Waals surface area contributed by atoms with Crippen molar-refractivity contribution >= 4 is 17.7 Å². The van der Waals surface area contributed by atoms with Crippen LogP contribution in [0.15, 0.2) is 60.0 Å². The summed E-state index contributed by atoms with van der Waals surface area (Å²) in [7, 11) is 1.61. The Morgan fingerprint density at radius 1 is 1.26 bits per heavy atom. The second kappa shape index (κ2) is 8.68. The molecule has 1 N–H and O–H groups in total. The summed E-state index contributed by atoms with van der Waals surface area (Å²) in [5, 5.41) is 10.8. The molecule has 8 heteroatoms. The number of nitrogens with one attached hydrogen (secondary N) is 1. The summed E-state index contributed by atoms with van der Waals surface area (Å²) < 4.78 is 20.7. The molecule has 0 aliphatic heterocycles. The highest BCUT2D eigenvalue weighted by molar-refractivity contribution is 8.00. The van der Waals surface area contributed by atoms with Crippen molar-refractivity contribution in [1.82, 2.24) is 20.1 Å². The lowest BCUT2D eigenvalue weighted by atomic mass is 10.2. The van der Waals surface area contributed by atoms with Crippen LogP contribution in [-0.2, 0) is 11.3 Å². The Balaban J connectivity index is 1.62. The number of rotatable bonds is 7. The summed E-state index contributed by atoms with van der Waals surface area (Å²) in [4.78, 5) is 12.4. The minimum Gasteiger partial charge on any atom is -0.497 e. The van der Waals surface area contributed by atoms with Crippen molar-refractivity contribution in [2.45, 2.75) is 23.9 Å². The second-order valence-electron chi connectivity index (χ2n) is 5.76. The third-order valence-corrected chi connectivity index (χ3v) is 4.96. The number of hydrogen-bond acceptors (Lipinski definition) is 5. The normalized spacial score (nSPS) is 11.8. The summed E-state index contributed by atoms with van der Waals surface area (Å²) in [6.07, 6.45) is 1.43. The number of halogens is 1. The van der Waals surface area contributed by atoms with Crippen molar-refractivity contribution in [1.29, 1.82) is 0 Å². The number of thioether (sulfide) groups is 1. The standard InChI is InChI=1S/C19H19FN4O2S/c1-13(18(25)21-11-14-7-9-15(26-2)10-8-14)27-19-23-22-12-24(19)17-6-4-3-5-16(17)20/h3-10,12-13H,11H2,1-2H3,(H,21,25)/t13-/m0/s1. The lowest BCUT2D eigenvalue weighted by Crippen LogP contribution is -2.30. The molecular formula is C19H19FN4O2S. The van der Waals surface area contributed by atoms with Gasteiger partial charge >= 0.3 is 0 Å². The first-order valence-corrected chi connectivity index (χ1v) is 9.18. The van der Waals surface area contributed by atoms with Gasteiger partial charge in [0.15, 0.2) is 5.16 Å². The van der Waals surface area contributed by atoms with Crippen LogP contribution in [0, 0.1) is 5.82 Å². The minimum atomic E-state index is -0.419. The molecule has 140 valence electrons. The van der Waals surface area contributed by atoms with Crippen molar-refractivity contribution in [3.05, 3.63) is 66.2 Å². The van der Waals surface area contributed by atoms with E-state index in [1.165, 1.54) is 28.7 Å². The van der Waals surface area contributed by atoms with E-state index in [9.17, 15) is 9.18 Å². The summed E-state index contributed by atoms with van der Waals surface area (Å²) in [6.45, 7) is 2.18.